The highest BCUT2D eigenvalue weighted by Gasteiger charge is 2.09. The van der Waals surface area contributed by atoms with Gasteiger partial charge >= 0.3 is 0 Å². The normalized spacial score (nSPS) is 15.7. The summed E-state index contributed by atoms with van der Waals surface area (Å²) in [5, 5.41) is 10.8. The van der Waals surface area contributed by atoms with E-state index in [0.717, 1.165) is 75.3 Å². The van der Waals surface area contributed by atoms with Crippen molar-refractivity contribution >= 4 is 5.96 Å². The first-order chi connectivity index (χ1) is 13.3. The summed E-state index contributed by atoms with van der Waals surface area (Å²) in [5.74, 6) is 1.58. The van der Waals surface area contributed by atoms with Gasteiger partial charge in [0.05, 0.1) is 19.8 Å². The summed E-state index contributed by atoms with van der Waals surface area (Å²) in [6, 6.07) is 11.9. The van der Waals surface area contributed by atoms with Gasteiger partial charge in [0.2, 0.25) is 0 Å². The quantitative estimate of drug-likeness (QED) is 0.421. The average Bonchev–Trinajstić information content (AvgIpc) is 3.20. The lowest BCUT2D eigenvalue weighted by Gasteiger charge is -2.26. The minimum absolute atomic E-state index is 0.481. The first kappa shape index (κ1) is 19.4. The van der Waals surface area contributed by atoms with Gasteiger partial charge in [0.1, 0.15) is 5.69 Å². The standard InChI is InChI=1S/C20H29N5O2/c1-2-21-20(22-9-6-10-25-11-13-26-14-12-25)23-16-18-15-19(27-24-18)17-7-4-3-5-8-17/h3-5,7-8,15H,2,6,9-14,16H2,1H3,(H2,21,22,23). The number of benzene rings is 1. The van der Waals surface area contributed by atoms with Crippen molar-refractivity contribution in [1.82, 2.24) is 20.7 Å². The van der Waals surface area contributed by atoms with Crippen LogP contribution in [0.15, 0.2) is 45.9 Å². The first-order valence-corrected chi connectivity index (χ1v) is 9.68. The number of nitrogens with zero attached hydrogens (tertiary/aromatic N) is 3. The maximum absolute atomic E-state index is 5.43. The molecule has 7 nitrogen and oxygen atoms in total. The second kappa shape index (κ2) is 10.7. The largest absolute Gasteiger partial charge is 0.379 e. The molecule has 0 aliphatic carbocycles. The van der Waals surface area contributed by atoms with Crippen molar-refractivity contribution in [2.75, 3.05) is 45.9 Å². The summed E-state index contributed by atoms with van der Waals surface area (Å²) in [4.78, 5) is 7.05. The van der Waals surface area contributed by atoms with Gasteiger partial charge in [0, 0.05) is 37.8 Å². The summed E-state index contributed by atoms with van der Waals surface area (Å²) in [5.41, 5.74) is 1.84. The van der Waals surface area contributed by atoms with Gasteiger partial charge in [-0.1, -0.05) is 35.5 Å². The van der Waals surface area contributed by atoms with E-state index >= 15 is 0 Å². The molecule has 2 N–H and O–H groups in total. The lowest BCUT2D eigenvalue weighted by atomic mass is 10.2. The van der Waals surface area contributed by atoms with Gasteiger partial charge in [-0.25, -0.2) is 4.99 Å². The number of ether oxygens (including phenoxy) is 1. The highest BCUT2D eigenvalue weighted by atomic mass is 16.5. The van der Waals surface area contributed by atoms with Crippen LogP contribution in [0.2, 0.25) is 0 Å². The smallest absolute Gasteiger partial charge is 0.191 e. The zero-order valence-electron chi connectivity index (χ0n) is 16.0. The van der Waals surface area contributed by atoms with Gasteiger partial charge in [-0.05, 0) is 19.9 Å². The fourth-order valence-corrected chi connectivity index (χ4v) is 2.96. The lowest BCUT2D eigenvalue weighted by Crippen LogP contribution is -2.40. The van der Waals surface area contributed by atoms with Crippen LogP contribution in [-0.2, 0) is 11.3 Å². The van der Waals surface area contributed by atoms with Gasteiger partial charge in [-0.15, -0.1) is 0 Å². The van der Waals surface area contributed by atoms with E-state index < -0.39 is 0 Å². The molecule has 0 unspecified atom stereocenters. The molecule has 1 aromatic heterocycles. The Kier molecular flexibility index (Phi) is 7.68. The molecule has 3 rings (SSSR count). The van der Waals surface area contributed by atoms with Gasteiger partial charge in [0.15, 0.2) is 11.7 Å². The van der Waals surface area contributed by atoms with Crippen LogP contribution in [-0.4, -0.2) is 62.0 Å². The van der Waals surface area contributed by atoms with E-state index in [1.165, 1.54) is 0 Å². The molecule has 0 radical (unpaired) electrons. The van der Waals surface area contributed by atoms with Crippen LogP contribution in [0.4, 0.5) is 0 Å². The number of aromatic nitrogens is 1. The molecule has 0 atom stereocenters. The minimum atomic E-state index is 0.481. The van der Waals surface area contributed by atoms with Crippen LogP contribution in [0.25, 0.3) is 11.3 Å². The van der Waals surface area contributed by atoms with Gasteiger partial charge < -0.3 is 19.9 Å². The van der Waals surface area contributed by atoms with Crippen molar-refractivity contribution in [2.24, 2.45) is 4.99 Å². The van der Waals surface area contributed by atoms with E-state index in [1.807, 2.05) is 36.4 Å². The molecule has 0 bridgehead atoms. The van der Waals surface area contributed by atoms with E-state index in [4.69, 9.17) is 9.26 Å². The lowest BCUT2D eigenvalue weighted by molar-refractivity contribution is 0.0376. The van der Waals surface area contributed by atoms with Crippen LogP contribution in [0, 0.1) is 0 Å². The van der Waals surface area contributed by atoms with Crippen LogP contribution >= 0.6 is 0 Å². The van der Waals surface area contributed by atoms with Crippen molar-refractivity contribution in [2.45, 2.75) is 19.9 Å². The van der Waals surface area contributed by atoms with Crippen molar-refractivity contribution in [1.29, 1.82) is 0 Å². The Morgan fingerprint density at radius 3 is 2.78 bits per heavy atom. The summed E-state index contributed by atoms with van der Waals surface area (Å²) in [6.07, 6.45) is 1.08. The Hall–Kier alpha value is -2.38. The molecule has 1 fully saturated rings. The van der Waals surface area contributed by atoms with E-state index in [2.05, 4.69) is 32.6 Å². The Morgan fingerprint density at radius 2 is 2.00 bits per heavy atom. The zero-order chi connectivity index (χ0) is 18.7. The molecule has 1 aliphatic rings. The number of rotatable bonds is 8. The van der Waals surface area contributed by atoms with E-state index in [9.17, 15) is 0 Å². The van der Waals surface area contributed by atoms with E-state index in [1.54, 1.807) is 0 Å². The number of hydrogen-bond donors (Lipinski definition) is 2. The number of aliphatic imine (C=N–C) groups is 1. The summed E-state index contributed by atoms with van der Waals surface area (Å²) < 4.78 is 10.8. The van der Waals surface area contributed by atoms with Crippen molar-refractivity contribution in [3.63, 3.8) is 0 Å². The van der Waals surface area contributed by atoms with Crippen LogP contribution in [0.3, 0.4) is 0 Å². The highest BCUT2D eigenvalue weighted by Crippen LogP contribution is 2.19. The number of guanidine groups is 1. The monoisotopic (exact) mass is 371 g/mol. The predicted octanol–water partition coefficient (Wildman–Crippen LogP) is 2.12. The number of hydrogen-bond acceptors (Lipinski definition) is 5. The van der Waals surface area contributed by atoms with Gasteiger partial charge in [0.25, 0.3) is 0 Å². The van der Waals surface area contributed by atoms with Crippen molar-refractivity contribution < 1.29 is 9.26 Å². The Labute approximate surface area is 160 Å². The molecule has 2 aromatic rings. The molecule has 0 saturated carbocycles. The Balaban J connectivity index is 1.46. The fraction of sp³-hybridized carbons (Fsp3) is 0.500. The maximum atomic E-state index is 5.43. The molecule has 7 heteroatoms. The zero-order valence-corrected chi connectivity index (χ0v) is 16.0. The van der Waals surface area contributed by atoms with Crippen molar-refractivity contribution in [3.05, 3.63) is 42.1 Å². The number of morpholine rings is 1. The minimum Gasteiger partial charge on any atom is -0.379 e. The molecule has 2 heterocycles. The molecule has 27 heavy (non-hydrogen) atoms. The molecule has 0 spiro atoms. The fourth-order valence-electron chi connectivity index (χ4n) is 2.96. The Morgan fingerprint density at radius 1 is 1.19 bits per heavy atom. The highest BCUT2D eigenvalue weighted by molar-refractivity contribution is 5.79. The third-order valence-electron chi connectivity index (χ3n) is 4.41. The summed E-state index contributed by atoms with van der Waals surface area (Å²) in [6.45, 7) is 9.10. The predicted molar refractivity (Wildman–Crippen MR) is 107 cm³/mol. The maximum Gasteiger partial charge on any atom is 0.191 e. The molecule has 1 aliphatic heterocycles. The summed E-state index contributed by atoms with van der Waals surface area (Å²) in [7, 11) is 0. The topological polar surface area (TPSA) is 74.9 Å². The third-order valence-corrected chi connectivity index (χ3v) is 4.41. The molecular weight excluding hydrogens is 342 g/mol. The molecule has 0 amide bonds. The van der Waals surface area contributed by atoms with Crippen LogP contribution in [0.5, 0.6) is 0 Å². The molecule has 1 aromatic carbocycles. The van der Waals surface area contributed by atoms with Crippen LogP contribution < -0.4 is 10.6 Å². The first-order valence-electron chi connectivity index (χ1n) is 9.68. The summed E-state index contributed by atoms with van der Waals surface area (Å²) >= 11 is 0. The molecule has 146 valence electrons. The molecular formula is C20H29N5O2. The molecule has 1 saturated heterocycles. The second-order valence-electron chi connectivity index (χ2n) is 6.48. The average molecular weight is 371 g/mol. The number of nitrogens with one attached hydrogen (secondary N) is 2. The SMILES string of the molecule is CCNC(=NCc1cc(-c2ccccc2)on1)NCCCN1CCOCC1. The van der Waals surface area contributed by atoms with Crippen molar-refractivity contribution in [3.8, 4) is 11.3 Å². The van der Waals surface area contributed by atoms with Gasteiger partial charge in [-0.2, -0.15) is 0 Å². The van der Waals surface area contributed by atoms with Gasteiger partial charge in [-0.3, -0.25) is 4.90 Å². The Bertz CT molecular complexity index is 695. The third kappa shape index (κ3) is 6.37. The van der Waals surface area contributed by atoms with E-state index in [0.29, 0.717) is 6.54 Å². The van der Waals surface area contributed by atoms with E-state index in [-0.39, 0.29) is 0 Å². The van der Waals surface area contributed by atoms with Crippen LogP contribution in [0.1, 0.15) is 19.0 Å². The second-order valence-corrected chi connectivity index (χ2v) is 6.48.